The molecule has 3 atom stereocenters. The number of rotatable bonds is 5. The smallest absolute Gasteiger partial charge is 0.410 e. The number of likely N-dealkylation sites (tertiary alicyclic amines) is 2. The minimum Gasteiger partial charge on any atom is -0.457 e. The molecule has 2 aromatic carbocycles. The number of hydrogen-bond donors (Lipinski definition) is 2. The highest BCUT2D eigenvalue weighted by Gasteiger charge is 2.50. The molecule has 0 saturated carbocycles. The van der Waals surface area contributed by atoms with E-state index in [-0.39, 0.29) is 24.2 Å². The zero-order valence-electron chi connectivity index (χ0n) is 22.5. The van der Waals surface area contributed by atoms with Crippen LogP contribution in [0.3, 0.4) is 0 Å². The second-order valence-electron chi connectivity index (χ2n) is 11.4. The van der Waals surface area contributed by atoms with E-state index >= 15 is 0 Å². The molecule has 2 amide bonds. The topological polar surface area (TPSA) is 115 Å². The summed E-state index contributed by atoms with van der Waals surface area (Å²) in [5, 5.41) is 8.31. The lowest BCUT2D eigenvalue weighted by atomic mass is 10.0. The fraction of sp³-hybridized carbons (Fsp3) is 0.414. The van der Waals surface area contributed by atoms with Gasteiger partial charge in [-0.3, -0.25) is 9.69 Å². The molecule has 3 aromatic rings. The molecular formula is C29H34N6O4. The first-order chi connectivity index (χ1) is 18.7. The van der Waals surface area contributed by atoms with Crippen LogP contribution in [-0.2, 0) is 4.74 Å². The number of nitrogens with two attached hydrogens (primary N) is 1. The average Bonchev–Trinajstić information content (AvgIpc) is 3.61. The highest BCUT2D eigenvalue weighted by Crippen LogP contribution is 2.43. The Labute approximate surface area is 227 Å². The number of hydrogen-bond acceptors (Lipinski definition) is 7. The molecule has 204 valence electrons. The van der Waals surface area contributed by atoms with Crippen LogP contribution in [0.5, 0.6) is 11.5 Å². The van der Waals surface area contributed by atoms with E-state index in [0.717, 1.165) is 36.5 Å². The molecule has 2 saturated heterocycles. The average molecular weight is 531 g/mol. The van der Waals surface area contributed by atoms with Crippen molar-refractivity contribution < 1.29 is 19.1 Å². The summed E-state index contributed by atoms with van der Waals surface area (Å²) in [6.07, 6.45) is 1.51. The van der Waals surface area contributed by atoms with Crippen LogP contribution in [-0.4, -0.2) is 68.9 Å². The normalized spacial score (nSPS) is 22.3. The Morgan fingerprint density at radius 2 is 1.72 bits per heavy atom. The summed E-state index contributed by atoms with van der Waals surface area (Å²) in [6, 6.07) is 17.4. The predicted molar refractivity (Wildman–Crippen MR) is 146 cm³/mol. The molecule has 0 spiro atoms. The maximum atomic E-state index is 12.7. The lowest BCUT2D eigenvalue weighted by Gasteiger charge is -2.40. The number of ether oxygens (including phenoxy) is 2. The molecule has 3 aliphatic heterocycles. The molecule has 2 bridgehead atoms. The monoisotopic (exact) mass is 530 g/mol. The predicted octanol–water partition coefficient (Wildman–Crippen LogP) is 4.31. The highest BCUT2D eigenvalue weighted by atomic mass is 16.6. The van der Waals surface area contributed by atoms with Gasteiger partial charge in [-0.25, -0.2) is 9.48 Å². The third-order valence-electron chi connectivity index (χ3n) is 7.55. The lowest BCUT2D eigenvalue weighted by molar-refractivity contribution is 0.00821. The van der Waals surface area contributed by atoms with Gasteiger partial charge in [-0.05, 0) is 70.0 Å². The van der Waals surface area contributed by atoms with Gasteiger partial charge >= 0.3 is 6.09 Å². The number of benzene rings is 2. The lowest BCUT2D eigenvalue weighted by Crippen LogP contribution is -2.51. The number of primary amides is 1. The number of anilines is 1. The first kappa shape index (κ1) is 25.2. The van der Waals surface area contributed by atoms with E-state index in [1.165, 1.54) is 0 Å². The van der Waals surface area contributed by atoms with E-state index in [0.29, 0.717) is 30.2 Å². The van der Waals surface area contributed by atoms with Gasteiger partial charge in [0.05, 0.1) is 17.4 Å². The fourth-order valence-corrected chi connectivity index (χ4v) is 5.95. The van der Waals surface area contributed by atoms with Crippen LogP contribution in [0.25, 0.3) is 5.69 Å². The van der Waals surface area contributed by atoms with Crippen LogP contribution in [0, 0.1) is 0 Å². The van der Waals surface area contributed by atoms with E-state index in [4.69, 9.17) is 20.3 Å². The molecule has 2 fully saturated rings. The van der Waals surface area contributed by atoms with E-state index in [1.54, 1.807) is 4.68 Å². The van der Waals surface area contributed by atoms with Crippen molar-refractivity contribution in [2.45, 2.75) is 57.3 Å². The van der Waals surface area contributed by atoms with Crippen LogP contribution in [0.4, 0.5) is 10.5 Å². The van der Waals surface area contributed by atoms with Crippen molar-refractivity contribution in [1.29, 1.82) is 0 Å². The summed E-state index contributed by atoms with van der Waals surface area (Å²) in [5.41, 5.74) is 7.92. The Morgan fingerprint density at radius 3 is 2.36 bits per heavy atom. The number of aromatic nitrogens is 2. The number of nitrogens with zero attached hydrogens (tertiary/aromatic N) is 4. The molecule has 1 aromatic heterocycles. The van der Waals surface area contributed by atoms with Gasteiger partial charge in [-0.15, -0.1) is 0 Å². The van der Waals surface area contributed by atoms with Crippen LogP contribution >= 0.6 is 0 Å². The molecular weight excluding hydrogens is 496 g/mol. The van der Waals surface area contributed by atoms with Crippen molar-refractivity contribution in [2.24, 2.45) is 5.73 Å². The zero-order chi connectivity index (χ0) is 27.3. The molecule has 4 heterocycles. The van der Waals surface area contributed by atoms with Gasteiger partial charge in [0, 0.05) is 31.7 Å². The van der Waals surface area contributed by atoms with Crippen LogP contribution in [0.1, 0.15) is 55.8 Å². The van der Waals surface area contributed by atoms with Crippen molar-refractivity contribution in [2.75, 3.05) is 25.0 Å². The quantitative estimate of drug-likeness (QED) is 0.505. The Bertz CT molecular complexity index is 1380. The summed E-state index contributed by atoms with van der Waals surface area (Å²) in [5.74, 6) is 0.886. The Balaban J connectivity index is 1.24. The molecule has 1 unspecified atom stereocenters. The van der Waals surface area contributed by atoms with E-state index in [9.17, 15) is 9.59 Å². The number of para-hydroxylation sites is 1. The number of fused-ring (bicyclic) bond motifs is 3. The molecule has 39 heavy (non-hydrogen) atoms. The van der Waals surface area contributed by atoms with E-state index < -0.39 is 11.5 Å². The van der Waals surface area contributed by atoms with Gasteiger partial charge < -0.3 is 25.4 Å². The molecule has 0 radical (unpaired) electrons. The number of carbonyl (C=O) groups excluding carboxylic acids is 2. The van der Waals surface area contributed by atoms with Crippen LogP contribution in [0.2, 0.25) is 0 Å². The SMILES string of the molecule is CC(C)(C)OC(=O)N1C[C@H]2C[C@@H]1CN2C1CCNc2c1nn(-c1ccc(Oc3ccccc3)cc1)c2C(N)=O. The summed E-state index contributed by atoms with van der Waals surface area (Å²) < 4.78 is 13.2. The van der Waals surface area contributed by atoms with Gasteiger partial charge in [0.25, 0.3) is 5.91 Å². The standard InChI is InChI=1S/C29H34N6O4/c1-29(2,3)39-28(37)34-17-19-15-20(34)16-33(19)23-13-14-31-25-24(23)32-35(26(25)27(30)36)18-9-11-22(12-10-18)38-21-7-5-4-6-8-21/h4-12,19-20,23,31H,13-17H2,1-3H3,(H2,30,36)/t19-,20-,23?/m1/s1. The van der Waals surface area contributed by atoms with Crippen LogP contribution in [0.15, 0.2) is 54.6 Å². The highest BCUT2D eigenvalue weighted by molar-refractivity contribution is 5.98. The number of carbonyl (C=O) groups is 2. The Kier molecular flexibility index (Phi) is 6.22. The molecule has 6 rings (SSSR count). The zero-order valence-corrected chi connectivity index (χ0v) is 22.5. The van der Waals surface area contributed by atoms with E-state index in [1.807, 2.05) is 80.3 Å². The molecule has 3 aliphatic rings. The minimum absolute atomic E-state index is 0.0251. The third-order valence-corrected chi connectivity index (χ3v) is 7.55. The van der Waals surface area contributed by atoms with Crippen molar-refractivity contribution in [1.82, 2.24) is 19.6 Å². The summed E-state index contributed by atoms with van der Waals surface area (Å²) in [6.45, 7) is 7.75. The van der Waals surface area contributed by atoms with Crippen molar-refractivity contribution >= 4 is 17.7 Å². The van der Waals surface area contributed by atoms with E-state index in [2.05, 4.69) is 10.2 Å². The van der Waals surface area contributed by atoms with Crippen molar-refractivity contribution in [3.63, 3.8) is 0 Å². The Hall–Kier alpha value is -4.05. The first-order valence-electron chi connectivity index (χ1n) is 13.4. The molecule has 10 nitrogen and oxygen atoms in total. The maximum Gasteiger partial charge on any atom is 0.410 e. The largest absolute Gasteiger partial charge is 0.457 e. The summed E-state index contributed by atoms with van der Waals surface area (Å²) >= 11 is 0. The number of piperazine rings is 1. The van der Waals surface area contributed by atoms with Gasteiger partial charge in [-0.2, -0.15) is 5.10 Å². The molecule has 0 aliphatic carbocycles. The summed E-state index contributed by atoms with van der Waals surface area (Å²) in [7, 11) is 0. The van der Waals surface area contributed by atoms with Gasteiger partial charge in [0.15, 0.2) is 5.69 Å². The maximum absolute atomic E-state index is 12.7. The number of amides is 2. The van der Waals surface area contributed by atoms with Crippen LogP contribution < -0.4 is 15.8 Å². The second kappa shape index (κ2) is 9.60. The minimum atomic E-state index is -0.541. The Morgan fingerprint density at radius 1 is 1.00 bits per heavy atom. The van der Waals surface area contributed by atoms with Crippen molar-refractivity contribution in [3.8, 4) is 17.2 Å². The summed E-state index contributed by atoms with van der Waals surface area (Å²) in [4.78, 5) is 29.7. The van der Waals surface area contributed by atoms with Gasteiger partial charge in [-0.1, -0.05) is 18.2 Å². The van der Waals surface area contributed by atoms with Gasteiger partial charge in [0.2, 0.25) is 0 Å². The second-order valence-corrected chi connectivity index (χ2v) is 11.4. The third kappa shape index (κ3) is 4.80. The number of nitrogens with one attached hydrogen (secondary N) is 1. The first-order valence-corrected chi connectivity index (χ1v) is 13.4. The van der Waals surface area contributed by atoms with Gasteiger partial charge in [0.1, 0.15) is 22.8 Å². The fourth-order valence-electron chi connectivity index (χ4n) is 5.95. The molecule has 10 heteroatoms. The molecule has 3 N–H and O–H groups in total. The van der Waals surface area contributed by atoms with Crippen molar-refractivity contribution in [3.05, 3.63) is 66.0 Å².